The van der Waals surface area contributed by atoms with Crippen LogP contribution in [-0.4, -0.2) is 55.5 Å². The van der Waals surface area contributed by atoms with Crippen molar-refractivity contribution >= 4 is 62.1 Å². The number of carbonyl (C=O) groups is 1. The summed E-state index contributed by atoms with van der Waals surface area (Å²) in [6.07, 6.45) is 0. The zero-order valence-electron chi connectivity index (χ0n) is 16.5. The van der Waals surface area contributed by atoms with E-state index in [1.807, 2.05) is 30.3 Å². The maximum absolute atomic E-state index is 13.2. The molecule has 0 spiro atoms. The number of fused-ring (bicyclic) bond motifs is 1. The van der Waals surface area contributed by atoms with Gasteiger partial charge in [0.1, 0.15) is 4.88 Å². The fraction of sp³-hybridized carbons (Fsp3) is 0.318. The molecule has 1 aromatic heterocycles. The molecule has 1 N–H and O–H groups in total. The molecule has 8 heteroatoms. The van der Waals surface area contributed by atoms with Crippen LogP contribution in [0.15, 0.2) is 42.5 Å². The summed E-state index contributed by atoms with van der Waals surface area (Å²) >= 11 is 20.3. The number of nitrogens with one attached hydrogen (secondary N) is 1. The van der Waals surface area contributed by atoms with E-state index in [-0.39, 0.29) is 11.9 Å². The molecule has 4 rings (SSSR count). The maximum Gasteiger partial charge on any atom is 0.263 e. The lowest BCUT2D eigenvalue weighted by Gasteiger charge is -2.35. The Balaban J connectivity index is 1.59. The predicted octanol–water partition coefficient (Wildman–Crippen LogP) is 5.58. The van der Waals surface area contributed by atoms with Crippen molar-refractivity contribution < 1.29 is 4.79 Å². The molecular formula is C22H22Cl3N3OS. The Hall–Kier alpha value is -1.34. The van der Waals surface area contributed by atoms with Gasteiger partial charge in [0.05, 0.1) is 16.1 Å². The number of hydrogen-bond donors (Lipinski definition) is 1. The van der Waals surface area contributed by atoms with Gasteiger partial charge in [-0.3, -0.25) is 9.69 Å². The first kappa shape index (κ1) is 21.9. The van der Waals surface area contributed by atoms with Crippen LogP contribution < -0.4 is 5.32 Å². The lowest BCUT2D eigenvalue weighted by molar-refractivity contribution is 0.0911. The molecule has 3 aromatic rings. The third-order valence-corrected chi connectivity index (χ3v) is 7.54. The smallest absolute Gasteiger partial charge is 0.263 e. The summed E-state index contributed by atoms with van der Waals surface area (Å²) in [6, 6.07) is 13.4. The molecule has 0 bridgehead atoms. The first-order valence-electron chi connectivity index (χ1n) is 9.76. The van der Waals surface area contributed by atoms with Crippen LogP contribution in [-0.2, 0) is 0 Å². The average molecular weight is 483 g/mol. The number of piperazine rings is 1. The van der Waals surface area contributed by atoms with Gasteiger partial charge in [-0.25, -0.2) is 0 Å². The molecule has 1 atom stereocenters. The normalized spacial score (nSPS) is 16.7. The lowest BCUT2D eigenvalue weighted by atomic mass is 10.1. The van der Waals surface area contributed by atoms with Gasteiger partial charge >= 0.3 is 0 Å². The van der Waals surface area contributed by atoms with Crippen LogP contribution in [0.25, 0.3) is 10.1 Å². The zero-order chi connectivity index (χ0) is 21.3. The molecule has 30 heavy (non-hydrogen) atoms. The van der Waals surface area contributed by atoms with Crippen LogP contribution >= 0.6 is 46.1 Å². The monoisotopic (exact) mass is 481 g/mol. The topological polar surface area (TPSA) is 35.6 Å². The highest BCUT2D eigenvalue weighted by atomic mass is 35.5. The van der Waals surface area contributed by atoms with Crippen LogP contribution in [0.2, 0.25) is 15.1 Å². The Bertz CT molecular complexity index is 1050. The molecule has 2 heterocycles. The van der Waals surface area contributed by atoms with E-state index in [0.29, 0.717) is 25.3 Å². The number of amides is 1. The largest absolute Gasteiger partial charge is 0.343 e. The second-order valence-corrected chi connectivity index (χ2v) is 9.82. The van der Waals surface area contributed by atoms with E-state index < -0.39 is 0 Å². The molecule has 1 aliphatic rings. The van der Waals surface area contributed by atoms with Crippen molar-refractivity contribution in [1.82, 2.24) is 15.1 Å². The third-order valence-electron chi connectivity index (χ3n) is 5.40. The summed E-state index contributed by atoms with van der Waals surface area (Å²) in [7, 11) is 2.13. The predicted molar refractivity (Wildman–Crippen MR) is 127 cm³/mol. The summed E-state index contributed by atoms with van der Waals surface area (Å²) < 4.78 is 0.804. The molecule has 0 radical (unpaired) electrons. The van der Waals surface area contributed by atoms with Crippen molar-refractivity contribution in [2.24, 2.45) is 0 Å². The van der Waals surface area contributed by atoms with Crippen molar-refractivity contribution in [2.45, 2.75) is 6.04 Å². The Morgan fingerprint density at radius 1 is 1.10 bits per heavy atom. The number of halogens is 3. The zero-order valence-corrected chi connectivity index (χ0v) is 19.6. The molecule has 4 nitrogen and oxygen atoms in total. The molecule has 2 aromatic carbocycles. The quantitative estimate of drug-likeness (QED) is 0.515. The van der Waals surface area contributed by atoms with Crippen LogP contribution in [0.1, 0.15) is 21.3 Å². The van der Waals surface area contributed by atoms with Gasteiger partial charge in [0, 0.05) is 47.8 Å². The van der Waals surface area contributed by atoms with Crippen molar-refractivity contribution in [3.05, 3.63) is 68.0 Å². The second kappa shape index (κ2) is 9.43. The summed E-state index contributed by atoms with van der Waals surface area (Å²) in [4.78, 5) is 18.4. The molecule has 158 valence electrons. The van der Waals surface area contributed by atoms with E-state index >= 15 is 0 Å². The lowest BCUT2D eigenvalue weighted by Crippen LogP contribution is -2.47. The molecule has 0 aliphatic carbocycles. The minimum Gasteiger partial charge on any atom is -0.343 e. The van der Waals surface area contributed by atoms with Gasteiger partial charge < -0.3 is 10.2 Å². The van der Waals surface area contributed by atoms with Gasteiger partial charge in [0.2, 0.25) is 0 Å². The van der Waals surface area contributed by atoms with Gasteiger partial charge in [-0.15, -0.1) is 11.3 Å². The number of hydrogen-bond acceptors (Lipinski definition) is 4. The van der Waals surface area contributed by atoms with E-state index in [2.05, 4.69) is 22.2 Å². The van der Waals surface area contributed by atoms with Gasteiger partial charge in [-0.1, -0.05) is 65.1 Å². The van der Waals surface area contributed by atoms with Gasteiger partial charge in [0.15, 0.2) is 0 Å². The van der Waals surface area contributed by atoms with Gasteiger partial charge in [-0.05, 0) is 24.7 Å². The van der Waals surface area contributed by atoms with E-state index in [1.54, 1.807) is 12.1 Å². The highest BCUT2D eigenvalue weighted by Gasteiger charge is 2.25. The second-order valence-electron chi connectivity index (χ2n) is 7.55. The molecule has 1 saturated heterocycles. The van der Waals surface area contributed by atoms with E-state index in [9.17, 15) is 4.79 Å². The first-order chi connectivity index (χ1) is 14.4. The molecule has 1 amide bonds. The van der Waals surface area contributed by atoms with E-state index in [0.717, 1.165) is 43.0 Å². The summed E-state index contributed by atoms with van der Waals surface area (Å²) in [5, 5.41) is 5.23. The van der Waals surface area contributed by atoms with Crippen molar-refractivity contribution in [3.63, 3.8) is 0 Å². The van der Waals surface area contributed by atoms with Crippen molar-refractivity contribution in [2.75, 3.05) is 39.8 Å². The van der Waals surface area contributed by atoms with Gasteiger partial charge in [0.25, 0.3) is 5.91 Å². The number of benzene rings is 2. The fourth-order valence-corrected chi connectivity index (χ4v) is 5.97. The first-order valence-corrected chi connectivity index (χ1v) is 11.7. The number of carbonyl (C=O) groups excluding carboxylic acids is 1. The Kier molecular flexibility index (Phi) is 6.88. The molecule has 0 saturated carbocycles. The molecular weight excluding hydrogens is 461 g/mol. The molecule has 1 aliphatic heterocycles. The van der Waals surface area contributed by atoms with Gasteiger partial charge in [-0.2, -0.15) is 0 Å². The van der Waals surface area contributed by atoms with Crippen LogP contribution in [0.3, 0.4) is 0 Å². The number of rotatable bonds is 5. The highest BCUT2D eigenvalue weighted by molar-refractivity contribution is 7.21. The maximum atomic E-state index is 13.2. The average Bonchev–Trinajstić information content (AvgIpc) is 3.06. The summed E-state index contributed by atoms with van der Waals surface area (Å²) in [5.41, 5.74) is 1.07. The third kappa shape index (κ3) is 4.77. The summed E-state index contributed by atoms with van der Waals surface area (Å²) in [6.45, 7) is 4.76. The minimum absolute atomic E-state index is 0.137. The van der Waals surface area contributed by atoms with Crippen LogP contribution in [0.4, 0.5) is 0 Å². The van der Waals surface area contributed by atoms with Crippen LogP contribution in [0, 0.1) is 0 Å². The van der Waals surface area contributed by atoms with Crippen LogP contribution in [0.5, 0.6) is 0 Å². The summed E-state index contributed by atoms with van der Waals surface area (Å²) in [5.74, 6) is -0.198. The molecule has 1 fully saturated rings. The standard InChI is InChI=1S/C22H22Cl3N3OS/c1-27-7-9-28(10-8-27)13-17(14-5-3-2-4-6-14)26-22(29)21-20(25)19-16(24)11-15(23)12-18(19)30-21/h2-6,11-12,17H,7-10,13H2,1H3,(H,26,29). The SMILES string of the molecule is CN1CCN(CC(NC(=O)c2sc3cc(Cl)cc(Cl)c3c2Cl)c2ccccc2)CC1. The highest BCUT2D eigenvalue weighted by Crippen LogP contribution is 2.41. The molecule has 1 unspecified atom stereocenters. The Morgan fingerprint density at radius 3 is 2.50 bits per heavy atom. The van der Waals surface area contributed by atoms with Crippen molar-refractivity contribution in [1.29, 1.82) is 0 Å². The minimum atomic E-state index is -0.198. The number of thiophene rings is 1. The number of nitrogens with zero attached hydrogens (tertiary/aromatic N) is 2. The van der Waals surface area contributed by atoms with Crippen molar-refractivity contribution in [3.8, 4) is 0 Å². The van der Waals surface area contributed by atoms with E-state index in [1.165, 1.54) is 11.3 Å². The number of likely N-dealkylation sites (N-methyl/N-ethyl adjacent to an activating group) is 1. The fourth-order valence-electron chi connectivity index (χ4n) is 3.69. The Labute approximate surface area is 195 Å². The Morgan fingerprint density at radius 2 is 1.80 bits per heavy atom. The van der Waals surface area contributed by atoms with E-state index in [4.69, 9.17) is 34.8 Å².